The van der Waals surface area contributed by atoms with Crippen LogP contribution < -0.4 is 16.4 Å². The van der Waals surface area contributed by atoms with Crippen molar-refractivity contribution in [2.24, 2.45) is 11.7 Å². The first-order valence-electron chi connectivity index (χ1n) is 7.20. The quantitative estimate of drug-likeness (QED) is 0.799. The van der Waals surface area contributed by atoms with Gasteiger partial charge in [0, 0.05) is 10.9 Å². The van der Waals surface area contributed by atoms with Crippen molar-refractivity contribution in [3.63, 3.8) is 0 Å². The molecule has 0 aromatic heterocycles. The Morgan fingerprint density at radius 3 is 2.52 bits per heavy atom. The lowest BCUT2D eigenvalue weighted by atomic mass is 9.88. The Bertz CT molecular complexity index is 528. The van der Waals surface area contributed by atoms with Gasteiger partial charge in [0.15, 0.2) is 0 Å². The number of hydrogen-bond acceptors (Lipinski definition) is 3. The Balaban J connectivity index is 2.10. The number of carbonyl (C=O) groups is 2. The van der Waals surface area contributed by atoms with Crippen LogP contribution in [0.4, 0.5) is 11.4 Å². The van der Waals surface area contributed by atoms with Crippen LogP contribution in [0.1, 0.15) is 32.1 Å². The summed E-state index contributed by atoms with van der Waals surface area (Å²) in [5.41, 5.74) is 6.32. The van der Waals surface area contributed by atoms with Crippen molar-refractivity contribution in [3.8, 4) is 0 Å². The van der Waals surface area contributed by atoms with Crippen LogP contribution >= 0.6 is 11.6 Å². The van der Waals surface area contributed by atoms with E-state index in [1.807, 2.05) is 0 Å². The highest BCUT2D eigenvalue weighted by atomic mass is 35.5. The number of benzene rings is 1. The van der Waals surface area contributed by atoms with Crippen LogP contribution in [0.5, 0.6) is 0 Å². The van der Waals surface area contributed by atoms with Crippen LogP contribution in [-0.2, 0) is 9.59 Å². The number of nitrogens with two attached hydrogens (primary N) is 1. The maximum absolute atomic E-state index is 12.3. The first kappa shape index (κ1) is 15.8. The molecule has 6 heteroatoms. The molecule has 5 nitrogen and oxygen atoms in total. The summed E-state index contributed by atoms with van der Waals surface area (Å²) in [4.78, 5) is 23.7. The standard InChI is InChI=1S/C15H20ClN3O2/c16-11-6-7-12(13(8-11)18-14(20)9-17)19-15(21)10-4-2-1-3-5-10/h6-8,10H,1-5,9,17H2,(H,18,20)(H,19,21). The second-order valence-electron chi connectivity index (χ2n) is 5.27. The van der Waals surface area contributed by atoms with Crippen LogP contribution in [0.3, 0.4) is 0 Å². The fourth-order valence-corrected chi connectivity index (χ4v) is 2.70. The number of rotatable bonds is 4. The lowest BCUT2D eigenvalue weighted by molar-refractivity contribution is -0.120. The molecule has 1 aromatic rings. The molecule has 21 heavy (non-hydrogen) atoms. The summed E-state index contributed by atoms with van der Waals surface area (Å²) in [5.74, 6) is -0.279. The van der Waals surface area contributed by atoms with E-state index in [4.69, 9.17) is 17.3 Å². The van der Waals surface area contributed by atoms with E-state index in [2.05, 4.69) is 10.6 Å². The van der Waals surface area contributed by atoms with E-state index in [0.29, 0.717) is 16.4 Å². The molecule has 1 aromatic carbocycles. The number of amides is 2. The molecule has 2 amide bonds. The van der Waals surface area contributed by atoms with Crippen molar-refractivity contribution in [2.45, 2.75) is 32.1 Å². The number of anilines is 2. The fourth-order valence-electron chi connectivity index (χ4n) is 2.53. The van der Waals surface area contributed by atoms with Gasteiger partial charge in [-0.05, 0) is 31.0 Å². The van der Waals surface area contributed by atoms with Crippen molar-refractivity contribution >= 4 is 34.8 Å². The van der Waals surface area contributed by atoms with Crippen molar-refractivity contribution in [1.29, 1.82) is 0 Å². The van der Waals surface area contributed by atoms with Crippen LogP contribution in [0, 0.1) is 5.92 Å². The van der Waals surface area contributed by atoms with Gasteiger partial charge >= 0.3 is 0 Å². The third-order valence-electron chi connectivity index (χ3n) is 3.67. The monoisotopic (exact) mass is 309 g/mol. The third-order valence-corrected chi connectivity index (χ3v) is 3.91. The van der Waals surface area contributed by atoms with Gasteiger partial charge in [0.25, 0.3) is 0 Å². The highest BCUT2D eigenvalue weighted by molar-refractivity contribution is 6.31. The fraction of sp³-hybridized carbons (Fsp3) is 0.467. The molecule has 0 bridgehead atoms. The van der Waals surface area contributed by atoms with E-state index in [1.165, 1.54) is 6.42 Å². The van der Waals surface area contributed by atoms with E-state index < -0.39 is 0 Å². The van der Waals surface area contributed by atoms with Gasteiger partial charge in [0.2, 0.25) is 11.8 Å². The summed E-state index contributed by atoms with van der Waals surface area (Å²) in [6, 6.07) is 4.97. The second-order valence-corrected chi connectivity index (χ2v) is 5.70. The van der Waals surface area contributed by atoms with Crippen LogP contribution in [0.2, 0.25) is 5.02 Å². The Morgan fingerprint density at radius 1 is 1.14 bits per heavy atom. The molecule has 0 heterocycles. The highest BCUT2D eigenvalue weighted by Gasteiger charge is 2.22. The maximum Gasteiger partial charge on any atom is 0.238 e. The van der Waals surface area contributed by atoms with E-state index in [9.17, 15) is 9.59 Å². The first-order valence-corrected chi connectivity index (χ1v) is 7.58. The summed E-state index contributed by atoms with van der Waals surface area (Å²) in [7, 11) is 0. The average molecular weight is 310 g/mol. The van der Waals surface area contributed by atoms with Crippen LogP contribution in [-0.4, -0.2) is 18.4 Å². The Hall–Kier alpha value is -1.59. The normalized spacial score (nSPS) is 15.5. The number of halogens is 1. The number of nitrogens with one attached hydrogen (secondary N) is 2. The molecule has 0 radical (unpaired) electrons. The SMILES string of the molecule is NCC(=O)Nc1cc(Cl)ccc1NC(=O)C1CCCCC1. The van der Waals surface area contributed by atoms with Gasteiger partial charge in [-0.2, -0.15) is 0 Å². The molecular weight excluding hydrogens is 290 g/mol. The van der Waals surface area contributed by atoms with Gasteiger partial charge in [-0.15, -0.1) is 0 Å². The largest absolute Gasteiger partial charge is 0.324 e. The van der Waals surface area contributed by atoms with Gasteiger partial charge in [0.1, 0.15) is 0 Å². The number of carbonyl (C=O) groups excluding carboxylic acids is 2. The van der Waals surface area contributed by atoms with Crippen molar-refractivity contribution in [1.82, 2.24) is 0 Å². The van der Waals surface area contributed by atoms with E-state index in [1.54, 1.807) is 18.2 Å². The molecule has 0 atom stereocenters. The maximum atomic E-state index is 12.3. The average Bonchev–Trinajstić information content (AvgIpc) is 2.50. The summed E-state index contributed by atoms with van der Waals surface area (Å²) >= 11 is 5.93. The molecule has 1 aliphatic carbocycles. The summed E-state index contributed by atoms with van der Waals surface area (Å²) < 4.78 is 0. The Labute approximate surface area is 129 Å². The van der Waals surface area contributed by atoms with E-state index >= 15 is 0 Å². The molecule has 2 rings (SSSR count). The Kier molecular flexibility index (Phi) is 5.59. The van der Waals surface area contributed by atoms with Gasteiger partial charge in [0.05, 0.1) is 17.9 Å². The lowest BCUT2D eigenvalue weighted by Crippen LogP contribution is -2.26. The molecule has 1 fully saturated rings. The molecule has 114 valence electrons. The zero-order valence-corrected chi connectivity index (χ0v) is 12.6. The van der Waals surface area contributed by atoms with Gasteiger partial charge in [-0.1, -0.05) is 30.9 Å². The predicted molar refractivity (Wildman–Crippen MR) is 84.3 cm³/mol. The summed E-state index contributed by atoms with van der Waals surface area (Å²) in [6.45, 7) is -0.122. The molecule has 0 spiro atoms. The molecular formula is C15H20ClN3O2. The zero-order valence-electron chi connectivity index (χ0n) is 11.8. The van der Waals surface area contributed by atoms with Crippen LogP contribution in [0.15, 0.2) is 18.2 Å². The lowest BCUT2D eigenvalue weighted by Gasteiger charge is -2.21. The molecule has 0 saturated heterocycles. The van der Waals surface area contributed by atoms with E-state index in [0.717, 1.165) is 25.7 Å². The second kappa shape index (κ2) is 7.43. The van der Waals surface area contributed by atoms with Crippen molar-refractivity contribution < 1.29 is 9.59 Å². The molecule has 0 unspecified atom stereocenters. The van der Waals surface area contributed by atoms with Crippen molar-refractivity contribution in [2.75, 3.05) is 17.2 Å². The minimum Gasteiger partial charge on any atom is -0.324 e. The molecule has 0 aliphatic heterocycles. The smallest absolute Gasteiger partial charge is 0.238 e. The Morgan fingerprint density at radius 2 is 1.86 bits per heavy atom. The van der Waals surface area contributed by atoms with Gasteiger partial charge < -0.3 is 16.4 Å². The first-order chi connectivity index (χ1) is 10.1. The molecule has 1 aliphatic rings. The predicted octanol–water partition coefficient (Wildman–Crippen LogP) is 2.76. The van der Waals surface area contributed by atoms with E-state index in [-0.39, 0.29) is 24.3 Å². The van der Waals surface area contributed by atoms with Crippen molar-refractivity contribution in [3.05, 3.63) is 23.2 Å². The minimum atomic E-state index is -0.328. The van der Waals surface area contributed by atoms with Crippen LogP contribution in [0.25, 0.3) is 0 Å². The summed E-state index contributed by atoms with van der Waals surface area (Å²) in [6.07, 6.45) is 5.22. The highest BCUT2D eigenvalue weighted by Crippen LogP contribution is 2.29. The number of hydrogen-bond donors (Lipinski definition) is 3. The zero-order chi connectivity index (χ0) is 15.2. The molecule has 4 N–H and O–H groups in total. The minimum absolute atomic E-state index is 0.000250. The van der Waals surface area contributed by atoms with Gasteiger partial charge in [-0.25, -0.2) is 0 Å². The third kappa shape index (κ3) is 4.44. The molecule has 1 saturated carbocycles. The van der Waals surface area contributed by atoms with Gasteiger partial charge in [-0.3, -0.25) is 9.59 Å². The summed E-state index contributed by atoms with van der Waals surface area (Å²) in [5, 5.41) is 6.01. The topological polar surface area (TPSA) is 84.2 Å².